The van der Waals surface area contributed by atoms with E-state index in [0.717, 1.165) is 27.6 Å². The van der Waals surface area contributed by atoms with Gasteiger partial charge in [-0.2, -0.15) is 0 Å². The number of carbonyl (C=O) groups excluding carboxylic acids is 2. The summed E-state index contributed by atoms with van der Waals surface area (Å²) in [7, 11) is 0. The van der Waals surface area contributed by atoms with Gasteiger partial charge in [-0.05, 0) is 35.4 Å². The number of ether oxygens (including phenoxy) is 2. The molecule has 0 radical (unpaired) electrons. The second kappa shape index (κ2) is 7.70. The topological polar surface area (TPSA) is 83.7 Å². The Morgan fingerprint density at radius 2 is 1.82 bits per heavy atom. The van der Waals surface area contributed by atoms with Crippen molar-refractivity contribution >= 4 is 22.7 Å². The number of nitrogens with one attached hydrogen (secondary N) is 2. The molecule has 164 valence electrons. The highest BCUT2D eigenvalue weighted by Gasteiger charge is 2.39. The van der Waals surface area contributed by atoms with Crippen molar-refractivity contribution in [1.82, 2.24) is 15.2 Å². The molecule has 4 aromatic rings. The Morgan fingerprint density at radius 3 is 2.76 bits per heavy atom. The minimum atomic E-state index is -0.332. The number of benzene rings is 3. The molecule has 2 N–H and O–H groups in total. The lowest BCUT2D eigenvalue weighted by Gasteiger charge is -2.25. The van der Waals surface area contributed by atoms with Crippen LogP contribution in [0.1, 0.15) is 33.1 Å². The molecule has 0 bridgehead atoms. The molecule has 33 heavy (non-hydrogen) atoms. The molecule has 0 fully saturated rings. The molecule has 2 amide bonds. The van der Waals surface area contributed by atoms with Crippen LogP contribution in [-0.2, 0) is 11.3 Å². The summed E-state index contributed by atoms with van der Waals surface area (Å²) < 4.78 is 10.7. The Morgan fingerprint density at radius 1 is 1.00 bits per heavy atom. The minimum absolute atomic E-state index is 0.0394. The number of para-hydroxylation sites is 1. The number of fused-ring (bicyclic) bond motifs is 3. The Bertz CT molecular complexity index is 1390. The first kappa shape index (κ1) is 19.4. The largest absolute Gasteiger partial charge is 0.454 e. The zero-order chi connectivity index (χ0) is 22.4. The predicted octanol–water partition coefficient (Wildman–Crippen LogP) is 3.76. The van der Waals surface area contributed by atoms with Crippen molar-refractivity contribution in [3.63, 3.8) is 0 Å². The molecule has 6 rings (SSSR count). The fraction of sp³-hybridized carbons (Fsp3) is 0.154. The zero-order valence-corrected chi connectivity index (χ0v) is 17.7. The van der Waals surface area contributed by atoms with Crippen LogP contribution in [-0.4, -0.2) is 35.0 Å². The maximum absolute atomic E-state index is 13.3. The molecule has 1 aromatic heterocycles. The van der Waals surface area contributed by atoms with Crippen LogP contribution in [0.2, 0.25) is 0 Å². The third kappa shape index (κ3) is 3.29. The Labute approximate surface area is 189 Å². The van der Waals surface area contributed by atoms with Gasteiger partial charge >= 0.3 is 0 Å². The Balaban J connectivity index is 1.26. The second-order valence-electron chi connectivity index (χ2n) is 8.18. The number of aromatic amines is 1. The van der Waals surface area contributed by atoms with Gasteiger partial charge in [0, 0.05) is 34.8 Å². The zero-order valence-electron chi connectivity index (χ0n) is 17.7. The summed E-state index contributed by atoms with van der Waals surface area (Å²) in [4.78, 5) is 31.1. The van der Waals surface area contributed by atoms with Crippen LogP contribution < -0.4 is 14.8 Å². The van der Waals surface area contributed by atoms with Crippen molar-refractivity contribution < 1.29 is 19.1 Å². The van der Waals surface area contributed by atoms with Crippen molar-refractivity contribution in [2.24, 2.45) is 0 Å². The van der Waals surface area contributed by atoms with Gasteiger partial charge in [0.25, 0.3) is 5.91 Å². The van der Waals surface area contributed by atoms with Gasteiger partial charge in [0.2, 0.25) is 12.7 Å². The number of carbonyl (C=O) groups is 2. The van der Waals surface area contributed by atoms with Gasteiger partial charge in [0.1, 0.15) is 6.54 Å². The highest BCUT2D eigenvalue weighted by Crippen LogP contribution is 2.40. The molecule has 0 saturated carbocycles. The van der Waals surface area contributed by atoms with Crippen molar-refractivity contribution in [3.05, 3.63) is 95.2 Å². The normalized spacial score (nSPS) is 16.3. The summed E-state index contributed by atoms with van der Waals surface area (Å²) in [6, 6.07) is 20.8. The molecule has 2 aliphatic heterocycles. The molecule has 0 spiro atoms. The van der Waals surface area contributed by atoms with Gasteiger partial charge in [-0.25, -0.2) is 0 Å². The molecular formula is C26H21N3O4. The van der Waals surface area contributed by atoms with Crippen LogP contribution in [0.4, 0.5) is 0 Å². The lowest BCUT2D eigenvalue weighted by molar-refractivity contribution is -0.122. The van der Waals surface area contributed by atoms with Gasteiger partial charge in [-0.3, -0.25) is 9.59 Å². The summed E-state index contributed by atoms with van der Waals surface area (Å²) in [5.74, 6) is 1.01. The smallest absolute Gasteiger partial charge is 0.255 e. The third-order valence-electron chi connectivity index (χ3n) is 6.21. The van der Waals surface area contributed by atoms with Crippen molar-refractivity contribution in [2.45, 2.75) is 12.6 Å². The standard InChI is InChI=1S/C26H21N3O4/c30-24(28-12-16-9-10-22-23(11-16)33-15-32-22)14-29-25(18-6-1-2-7-19(18)26(29)31)20-13-27-21-8-4-3-5-17(20)21/h1-11,13,25,27H,12,14-15H2,(H,28,30)/t25-/m1/s1. The minimum Gasteiger partial charge on any atom is -0.454 e. The van der Waals surface area contributed by atoms with E-state index in [9.17, 15) is 9.59 Å². The van der Waals surface area contributed by atoms with E-state index < -0.39 is 0 Å². The Kier molecular flexibility index (Phi) is 4.54. The third-order valence-corrected chi connectivity index (χ3v) is 6.21. The van der Waals surface area contributed by atoms with E-state index in [-0.39, 0.29) is 31.2 Å². The van der Waals surface area contributed by atoms with Crippen LogP contribution in [0, 0.1) is 0 Å². The summed E-state index contributed by atoms with van der Waals surface area (Å²) in [5, 5.41) is 3.97. The highest BCUT2D eigenvalue weighted by atomic mass is 16.7. The molecule has 2 aliphatic rings. The van der Waals surface area contributed by atoms with Gasteiger partial charge in [0.05, 0.1) is 6.04 Å². The number of nitrogens with zero attached hydrogens (tertiary/aromatic N) is 1. The lowest BCUT2D eigenvalue weighted by atomic mass is 9.97. The van der Waals surface area contributed by atoms with Crippen LogP contribution in [0.15, 0.2) is 72.9 Å². The van der Waals surface area contributed by atoms with Crippen LogP contribution in [0.3, 0.4) is 0 Å². The monoisotopic (exact) mass is 439 g/mol. The van der Waals surface area contributed by atoms with Crippen LogP contribution in [0.25, 0.3) is 10.9 Å². The molecule has 1 atom stereocenters. The lowest BCUT2D eigenvalue weighted by Crippen LogP contribution is -2.39. The molecule has 7 nitrogen and oxygen atoms in total. The van der Waals surface area contributed by atoms with Gasteiger partial charge in [-0.15, -0.1) is 0 Å². The fourth-order valence-electron chi connectivity index (χ4n) is 4.65. The molecule has 0 unspecified atom stereocenters. The average molecular weight is 439 g/mol. The van der Waals surface area contributed by atoms with Gasteiger partial charge < -0.3 is 24.7 Å². The van der Waals surface area contributed by atoms with E-state index in [1.54, 1.807) is 4.90 Å². The van der Waals surface area contributed by atoms with Crippen LogP contribution in [0.5, 0.6) is 11.5 Å². The van der Waals surface area contributed by atoms with Crippen molar-refractivity contribution in [1.29, 1.82) is 0 Å². The maximum atomic E-state index is 13.3. The number of aromatic nitrogens is 1. The summed E-state index contributed by atoms with van der Waals surface area (Å²) in [6.45, 7) is 0.502. The van der Waals surface area contributed by atoms with Gasteiger partial charge in [0.15, 0.2) is 11.5 Å². The molecule has 3 heterocycles. The van der Waals surface area contributed by atoms with E-state index in [1.165, 1.54) is 0 Å². The molecule has 0 aliphatic carbocycles. The summed E-state index contributed by atoms with van der Waals surface area (Å²) in [6.07, 6.45) is 1.93. The maximum Gasteiger partial charge on any atom is 0.255 e. The number of hydrogen-bond acceptors (Lipinski definition) is 4. The highest BCUT2D eigenvalue weighted by molar-refractivity contribution is 6.02. The number of H-pyrrole nitrogens is 1. The first-order valence-corrected chi connectivity index (χ1v) is 10.8. The average Bonchev–Trinajstić information content (AvgIpc) is 3.54. The van der Waals surface area contributed by atoms with Gasteiger partial charge in [-0.1, -0.05) is 42.5 Å². The van der Waals surface area contributed by atoms with E-state index in [1.807, 2.05) is 72.9 Å². The second-order valence-corrected chi connectivity index (χ2v) is 8.18. The molecule has 7 heteroatoms. The predicted molar refractivity (Wildman–Crippen MR) is 122 cm³/mol. The number of hydrogen-bond donors (Lipinski definition) is 2. The van der Waals surface area contributed by atoms with Crippen LogP contribution >= 0.6 is 0 Å². The van der Waals surface area contributed by atoms with E-state index in [2.05, 4.69) is 10.3 Å². The van der Waals surface area contributed by atoms with E-state index in [4.69, 9.17) is 9.47 Å². The Hall–Kier alpha value is -4.26. The molecule has 3 aromatic carbocycles. The molecular weight excluding hydrogens is 418 g/mol. The summed E-state index contributed by atoms with van der Waals surface area (Å²) >= 11 is 0. The first-order valence-electron chi connectivity index (χ1n) is 10.8. The molecule has 0 saturated heterocycles. The van der Waals surface area contributed by atoms with E-state index in [0.29, 0.717) is 23.6 Å². The fourth-order valence-corrected chi connectivity index (χ4v) is 4.65. The quantitative estimate of drug-likeness (QED) is 0.496. The number of amides is 2. The first-order chi connectivity index (χ1) is 16.2. The van der Waals surface area contributed by atoms with E-state index >= 15 is 0 Å². The number of rotatable bonds is 5. The van der Waals surface area contributed by atoms with Crippen molar-refractivity contribution in [2.75, 3.05) is 13.3 Å². The van der Waals surface area contributed by atoms with Crippen molar-refractivity contribution in [3.8, 4) is 11.5 Å². The SMILES string of the molecule is O=C(CN1C(=O)c2ccccc2[C@@H]1c1c[nH]c2ccccc12)NCc1ccc2c(c1)OCO2. The summed E-state index contributed by atoms with van der Waals surface area (Å²) in [5.41, 5.74) is 4.42.